The number of methoxy groups -OCH3 is 1. The zero-order valence-corrected chi connectivity index (χ0v) is 13.4. The molecule has 6 heteroatoms. The molecule has 124 valence electrons. The number of benzene rings is 1. The van der Waals surface area contributed by atoms with E-state index in [9.17, 15) is 9.59 Å². The summed E-state index contributed by atoms with van der Waals surface area (Å²) < 4.78 is 15.2. The summed E-state index contributed by atoms with van der Waals surface area (Å²) in [6, 6.07) is 9.05. The smallest absolute Gasteiger partial charge is 0.334 e. The first-order valence-corrected chi connectivity index (χ1v) is 7.62. The molecule has 0 bridgehead atoms. The largest absolute Gasteiger partial charge is 0.478 e. The van der Waals surface area contributed by atoms with Crippen molar-refractivity contribution in [1.82, 2.24) is 0 Å². The van der Waals surface area contributed by atoms with E-state index in [-0.39, 0.29) is 24.9 Å². The molecule has 0 fully saturated rings. The van der Waals surface area contributed by atoms with Crippen LogP contribution in [0.25, 0.3) is 0 Å². The lowest BCUT2D eigenvalue weighted by atomic mass is 9.92. The van der Waals surface area contributed by atoms with Gasteiger partial charge in [0.05, 0.1) is 20.1 Å². The standard InChI is InChI=1S/C17H21NO5/c1-3-22-16(19)10-13(12-7-5-4-6-8-12)9-15-18-14(11-23-15)17(20)21-2/h4-8,13-14H,3,9-11H2,1-2H3. The number of ether oxygens (including phenoxy) is 3. The molecule has 1 aliphatic heterocycles. The van der Waals surface area contributed by atoms with Gasteiger partial charge in [-0.2, -0.15) is 0 Å². The quantitative estimate of drug-likeness (QED) is 0.719. The number of carbonyl (C=O) groups is 2. The Kier molecular flexibility index (Phi) is 6.14. The van der Waals surface area contributed by atoms with Crippen LogP contribution in [0.4, 0.5) is 0 Å². The van der Waals surface area contributed by atoms with Crippen LogP contribution in [-0.2, 0) is 23.8 Å². The third kappa shape index (κ3) is 4.81. The van der Waals surface area contributed by atoms with Gasteiger partial charge in [-0.1, -0.05) is 30.3 Å². The van der Waals surface area contributed by atoms with Crippen molar-refractivity contribution in [3.63, 3.8) is 0 Å². The zero-order chi connectivity index (χ0) is 16.7. The van der Waals surface area contributed by atoms with Gasteiger partial charge in [-0.25, -0.2) is 9.79 Å². The summed E-state index contributed by atoms with van der Waals surface area (Å²) in [5, 5.41) is 0. The maximum Gasteiger partial charge on any atom is 0.334 e. The summed E-state index contributed by atoms with van der Waals surface area (Å²) in [5.41, 5.74) is 1.01. The Morgan fingerprint density at radius 3 is 2.74 bits per heavy atom. The molecule has 1 heterocycles. The highest BCUT2D eigenvalue weighted by Crippen LogP contribution is 2.26. The van der Waals surface area contributed by atoms with Crippen molar-refractivity contribution < 1.29 is 23.8 Å². The Bertz CT molecular complexity index is 570. The van der Waals surface area contributed by atoms with Gasteiger partial charge in [0.1, 0.15) is 6.61 Å². The highest BCUT2D eigenvalue weighted by molar-refractivity contribution is 5.86. The van der Waals surface area contributed by atoms with Gasteiger partial charge >= 0.3 is 11.9 Å². The van der Waals surface area contributed by atoms with Crippen LogP contribution in [0.3, 0.4) is 0 Å². The van der Waals surface area contributed by atoms with Crippen LogP contribution in [0, 0.1) is 0 Å². The minimum atomic E-state index is -0.617. The molecule has 0 N–H and O–H groups in total. The third-order valence-electron chi connectivity index (χ3n) is 3.59. The lowest BCUT2D eigenvalue weighted by Gasteiger charge is -2.16. The SMILES string of the molecule is CCOC(=O)CC(CC1=NC(C(=O)OC)CO1)c1ccccc1. The van der Waals surface area contributed by atoms with E-state index in [2.05, 4.69) is 9.73 Å². The van der Waals surface area contributed by atoms with Crippen molar-refractivity contribution in [2.75, 3.05) is 20.3 Å². The van der Waals surface area contributed by atoms with Crippen molar-refractivity contribution in [2.45, 2.75) is 31.7 Å². The fourth-order valence-electron chi connectivity index (χ4n) is 2.46. The number of aliphatic imine (C=N–C) groups is 1. The average Bonchev–Trinajstić information content (AvgIpc) is 3.03. The number of nitrogens with zero attached hydrogens (tertiary/aromatic N) is 1. The molecule has 23 heavy (non-hydrogen) atoms. The van der Waals surface area contributed by atoms with Crippen LogP contribution in [0.15, 0.2) is 35.3 Å². The first-order valence-electron chi connectivity index (χ1n) is 7.62. The Morgan fingerprint density at radius 2 is 2.09 bits per heavy atom. The topological polar surface area (TPSA) is 74.2 Å². The van der Waals surface area contributed by atoms with Crippen LogP contribution >= 0.6 is 0 Å². The Labute approximate surface area is 135 Å². The molecule has 0 saturated carbocycles. The normalized spacial score (nSPS) is 17.8. The maximum absolute atomic E-state index is 11.8. The van der Waals surface area contributed by atoms with E-state index < -0.39 is 12.0 Å². The van der Waals surface area contributed by atoms with Crippen molar-refractivity contribution in [2.24, 2.45) is 4.99 Å². The second kappa shape index (κ2) is 8.31. The number of rotatable bonds is 7. The van der Waals surface area contributed by atoms with Crippen molar-refractivity contribution in [3.05, 3.63) is 35.9 Å². The summed E-state index contributed by atoms with van der Waals surface area (Å²) in [7, 11) is 1.32. The Morgan fingerprint density at radius 1 is 1.35 bits per heavy atom. The van der Waals surface area contributed by atoms with E-state index in [1.54, 1.807) is 6.92 Å². The molecule has 0 amide bonds. The number of esters is 2. The highest BCUT2D eigenvalue weighted by Gasteiger charge is 2.29. The van der Waals surface area contributed by atoms with Gasteiger partial charge in [-0.15, -0.1) is 0 Å². The first kappa shape index (κ1) is 17.0. The van der Waals surface area contributed by atoms with Crippen LogP contribution in [0.2, 0.25) is 0 Å². The third-order valence-corrected chi connectivity index (χ3v) is 3.59. The minimum Gasteiger partial charge on any atom is -0.478 e. The van der Waals surface area contributed by atoms with Gasteiger partial charge in [0, 0.05) is 12.3 Å². The van der Waals surface area contributed by atoms with Gasteiger partial charge in [0.15, 0.2) is 11.9 Å². The van der Waals surface area contributed by atoms with Gasteiger partial charge in [-0.3, -0.25) is 4.79 Å². The van der Waals surface area contributed by atoms with Crippen LogP contribution in [0.5, 0.6) is 0 Å². The molecule has 0 aliphatic carbocycles. The predicted molar refractivity (Wildman–Crippen MR) is 84.2 cm³/mol. The second-order valence-electron chi connectivity index (χ2n) is 5.19. The molecule has 0 spiro atoms. The molecule has 0 radical (unpaired) electrons. The van der Waals surface area contributed by atoms with E-state index in [4.69, 9.17) is 9.47 Å². The van der Waals surface area contributed by atoms with Crippen LogP contribution in [0.1, 0.15) is 31.2 Å². The number of hydrogen-bond acceptors (Lipinski definition) is 6. The molecule has 1 aromatic carbocycles. The van der Waals surface area contributed by atoms with Gasteiger partial charge in [0.2, 0.25) is 0 Å². The van der Waals surface area contributed by atoms with Crippen LogP contribution in [-0.4, -0.2) is 44.2 Å². The molecule has 2 rings (SSSR count). The summed E-state index contributed by atoms with van der Waals surface area (Å²) in [6.07, 6.45) is 0.680. The van der Waals surface area contributed by atoms with Crippen LogP contribution < -0.4 is 0 Å². The summed E-state index contributed by atoms with van der Waals surface area (Å²) in [6.45, 7) is 2.31. The van der Waals surface area contributed by atoms with E-state index in [1.807, 2.05) is 30.3 Å². The van der Waals surface area contributed by atoms with E-state index >= 15 is 0 Å². The molecule has 2 atom stereocenters. The fraction of sp³-hybridized carbons (Fsp3) is 0.471. The number of carbonyl (C=O) groups excluding carboxylic acids is 2. The summed E-state index contributed by atoms with van der Waals surface area (Å²) >= 11 is 0. The molecular weight excluding hydrogens is 298 g/mol. The molecule has 6 nitrogen and oxygen atoms in total. The van der Waals surface area contributed by atoms with Gasteiger partial charge in [-0.05, 0) is 12.5 Å². The molecule has 0 aromatic heterocycles. The second-order valence-corrected chi connectivity index (χ2v) is 5.19. The monoisotopic (exact) mass is 319 g/mol. The lowest BCUT2D eigenvalue weighted by Crippen LogP contribution is -2.21. The predicted octanol–water partition coefficient (Wildman–Crippen LogP) is 2.08. The van der Waals surface area contributed by atoms with E-state index in [0.29, 0.717) is 18.9 Å². The van der Waals surface area contributed by atoms with Crippen molar-refractivity contribution >= 4 is 17.8 Å². The van der Waals surface area contributed by atoms with E-state index in [1.165, 1.54) is 7.11 Å². The average molecular weight is 319 g/mol. The molecule has 2 unspecified atom stereocenters. The minimum absolute atomic E-state index is 0.106. The fourth-order valence-corrected chi connectivity index (χ4v) is 2.46. The van der Waals surface area contributed by atoms with Gasteiger partial charge < -0.3 is 14.2 Å². The van der Waals surface area contributed by atoms with Crippen molar-refractivity contribution in [1.29, 1.82) is 0 Å². The highest BCUT2D eigenvalue weighted by atomic mass is 16.5. The molecular formula is C17H21NO5. The molecule has 1 aliphatic rings. The zero-order valence-electron chi connectivity index (χ0n) is 13.4. The molecule has 0 saturated heterocycles. The van der Waals surface area contributed by atoms with Gasteiger partial charge in [0.25, 0.3) is 0 Å². The first-order chi connectivity index (χ1) is 11.1. The maximum atomic E-state index is 11.8. The van der Waals surface area contributed by atoms with Crippen molar-refractivity contribution in [3.8, 4) is 0 Å². The van der Waals surface area contributed by atoms with E-state index in [0.717, 1.165) is 5.56 Å². The Hall–Kier alpha value is -2.37. The summed E-state index contributed by atoms with van der Waals surface area (Å²) in [5.74, 6) is -0.310. The Balaban J connectivity index is 2.09. The number of hydrogen-bond donors (Lipinski definition) is 0. The lowest BCUT2D eigenvalue weighted by molar-refractivity contribution is -0.144. The molecule has 1 aromatic rings. The summed E-state index contributed by atoms with van der Waals surface area (Å²) in [4.78, 5) is 27.6.